The molecule has 3 rings (SSSR count). The van der Waals surface area contributed by atoms with Crippen molar-refractivity contribution in [2.75, 3.05) is 6.54 Å². The van der Waals surface area contributed by atoms with Crippen molar-refractivity contribution in [1.82, 2.24) is 4.90 Å². The van der Waals surface area contributed by atoms with Gasteiger partial charge >= 0.3 is 0 Å². The summed E-state index contributed by atoms with van der Waals surface area (Å²) in [5.41, 5.74) is 2.86. The first-order valence-corrected chi connectivity index (χ1v) is 8.84. The molecule has 0 amide bonds. The summed E-state index contributed by atoms with van der Waals surface area (Å²) >= 11 is 0. The van der Waals surface area contributed by atoms with Gasteiger partial charge in [0.05, 0.1) is 6.04 Å². The van der Waals surface area contributed by atoms with E-state index in [0.717, 1.165) is 29.8 Å². The van der Waals surface area contributed by atoms with Crippen molar-refractivity contribution < 1.29 is 15.0 Å². The van der Waals surface area contributed by atoms with Gasteiger partial charge in [0.2, 0.25) is 0 Å². The van der Waals surface area contributed by atoms with E-state index in [1.807, 2.05) is 36.4 Å². The third kappa shape index (κ3) is 4.14. The molecule has 1 aliphatic heterocycles. The van der Waals surface area contributed by atoms with Crippen LogP contribution in [0.2, 0.25) is 0 Å². The molecule has 0 fully saturated rings. The zero-order valence-electron chi connectivity index (χ0n) is 14.8. The molecule has 0 spiro atoms. The van der Waals surface area contributed by atoms with E-state index in [1.165, 1.54) is 0 Å². The molecule has 2 aromatic carbocycles. The van der Waals surface area contributed by atoms with Gasteiger partial charge in [-0.1, -0.05) is 37.3 Å². The Morgan fingerprint density at radius 1 is 1.00 bits per heavy atom. The number of phenolic OH excluding ortho intramolecular Hbond substituents is 2. The lowest BCUT2D eigenvalue weighted by molar-refractivity contribution is -0.116. The number of allylic oxidation sites excluding steroid dienone is 2. The Hall–Kier alpha value is -3.01. The predicted molar refractivity (Wildman–Crippen MR) is 103 cm³/mol. The molecular weight excluding hydrogens is 326 g/mol. The Morgan fingerprint density at radius 2 is 1.62 bits per heavy atom. The van der Waals surface area contributed by atoms with Crippen molar-refractivity contribution in [2.45, 2.75) is 25.8 Å². The van der Waals surface area contributed by atoms with Crippen LogP contribution in [0.25, 0.3) is 6.08 Å². The molecule has 2 N–H and O–H groups in total. The largest absolute Gasteiger partial charge is 0.508 e. The Bertz CT molecular complexity index is 819. The highest BCUT2D eigenvalue weighted by molar-refractivity contribution is 5.92. The van der Waals surface area contributed by atoms with Gasteiger partial charge in [0.25, 0.3) is 0 Å². The highest BCUT2D eigenvalue weighted by Gasteiger charge is 2.27. The number of hydrogen-bond donors (Lipinski definition) is 2. The van der Waals surface area contributed by atoms with Crippen LogP contribution in [0.4, 0.5) is 0 Å². The summed E-state index contributed by atoms with van der Waals surface area (Å²) in [7, 11) is 0. The summed E-state index contributed by atoms with van der Waals surface area (Å²) in [6, 6.07) is 14.0. The van der Waals surface area contributed by atoms with Crippen molar-refractivity contribution in [2.24, 2.45) is 0 Å². The van der Waals surface area contributed by atoms with Gasteiger partial charge in [-0.2, -0.15) is 0 Å². The lowest BCUT2D eigenvalue weighted by Crippen LogP contribution is -2.33. The molecule has 0 aromatic heterocycles. The van der Waals surface area contributed by atoms with Gasteiger partial charge in [0.1, 0.15) is 11.5 Å². The Morgan fingerprint density at radius 3 is 2.23 bits per heavy atom. The maximum absolute atomic E-state index is 12.3. The van der Waals surface area contributed by atoms with Crippen molar-refractivity contribution in [3.05, 3.63) is 77.5 Å². The van der Waals surface area contributed by atoms with Crippen LogP contribution in [0.3, 0.4) is 0 Å². The van der Waals surface area contributed by atoms with Crippen LogP contribution in [0, 0.1) is 0 Å². The fourth-order valence-electron chi connectivity index (χ4n) is 3.22. The average Bonchev–Trinajstić information content (AvgIpc) is 2.63. The maximum Gasteiger partial charge on any atom is 0.160 e. The summed E-state index contributed by atoms with van der Waals surface area (Å²) < 4.78 is 0. The third-order valence-corrected chi connectivity index (χ3v) is 4.49. The zero-order valence-corrected chi connectivity index (χ0v) is 14.8. The Kier molecular flexibility index (Phi) is 5.42. The SMILES string of the molecule is CCCN1C(/C=C/c2ccc(O)cc2)=CC(=O)CC1c1ccc(O)cc1. The maximum atomic E-state index is 12.3. The molecule has 0 saturated carbocycles. The van der Waals surface area contributed by atoms with E-state index in [9.17, 15) is 15.0 Å². The minimum atomic E-state index is -0.0347. The first-order valence-electron chi connectivity index (χ1n) is 8.84. The second kappa shape index (κ2) is 7.91. The number of aromatic hydroxyl groups is 2. The van der Waals surface area contributed by atoms with Crippen molar-refractivity contribution in [3.63, 3.8) is 0 Å². The van der Waals surface area contributed by atoms with Crippen molar-refractivity contribution >= 4 is 11.9 Å². The molecule has 0 saturated heterocycles. The van der Waals surface area contributed by atoms with Crippen LogP contribution in [-0.2, 0) is 4.79 Å². The van der Waals surface area contributed by atoms with Gasteiger partial charge in [-0.3, -0.25) is 4.79 Å². The molecule has 0 bridgehead atoms. The number of benzene rings is 2. The lowest BCUT2D eigenvalue weighted by atomic mass is 9.94. The topological polar surface area (TPSA) is 60.8 Å². The van der Waals surface area contributed by atoms with Gasteiger partial charge in [-0.15, -0.1) is 0 Å². The Balaban J connectivity index is 1.90. The summed E-state index contributed by atoms with van der Waals surface area (Å²) in [5, 5.41) is 18.9. The van der Waals surface area contributed by atoms with E-state index in [1.54, 1.807) is 30.3 Å². The number of hydrogen-bond acceptors (Lipinski definition) is 4. The van der Waals surface area contributed by atoms with E-state index in [4.69, 9.17) is 0 Å². The van der Waals surface area contributed by atoms with E-state index in [2.05, 4.69) is 11.8 Å². The molecule has 1 heterocycles. The molecule has 4 nitrogen and oxygen atoms in total. The normalized spacial score (nSPS) is 17.6. The quantitative estimate of drug-likeness (QED) is 0.839. The van der Waals surface area contributed by atoms with Crippen LogP contribution in [-0.4, -0.2) is 27.4 Å². The fourth-order valence-corrected chi connectivity index (χ4v) is 3.22. The van der Waals surface area contributed by atoms with E-state index in [-0.39, 0.29) is 23.3 Å². The van der Waals surface area contributed by atoms with Gasteiger partial charge in [-0.25, -0.2) is 0 Å². The second-order valence-electron chi connectivity index (χ2n) is 6.47. The zero-order chi connectivity index (χ0) is 18.5. The monoisotopic (exact) mass is 349 g/mol. The van der Waals surface area contributed by atoms with Crippen molar-refractivity contribution in [1.29, 1.82) is 0 Å². The van der Waals surface area contributed by atoms with Crippen LogP contribution in [0.15, 0.2) is 66.4 Å². The second-order valence-corrected chi connectivity index (χ2v) is 6.47. The average molecular weight is 349 g/mol. The standard InChI is InChI=1S/C22H23NO3/c1-2-13-23-18(8-3-16-4-9-19(24)10-5-16)14-21(26)15-22(23)17-6-11-20(25)12-7-17/h3-12,14,22,24-25H,2,13,15H2,1H3/b8-3+. The smallest absolute Gasteiger partial charge is 0.160 e. The van der Waals surface area contributed by atoms with Gasteiger partial charge in [0, 0.05) is 24.7 Å². The highest BCUT2D eigenvalue weighted by Crippen LogP contribution is 2.33. The first-order chi connectivity index (χ1) is 12.6. The van der Waals surface area contributed by atoms with Gasteiger partial charge < -0.3 is 15.1 Å². The summed E-state index contributed by atoms with van der Waals surface area (Å²) in [4.78, 5) is 14.6. The molecule has 1 atom stereocenters. The summed E-state index contributed by atoms with van der Waals surface area (Å²) in [5.74, 6) is 0.552. The minimum absolute atomic E-state index is 0.0347. The molecule has 1 aliphatic rings. The molecule has 26 heavy (non-hydrogen) atoms. The molecule has 0 radical (unpaired) electrons. The van der Waals surface area contributed by atoms with Gasteiger partial charge in [-0.05, 0) is 47.9 Å². The highest BCUT2D eigenvalue weighted by atomic mass is 16.3. The van der Waals surface area contributed by atoms with E-state index in [0.29, 0.717) is 6.42 Å². The number of carbonyl (C=O) groups excluding carboxylic acids is 1. The Labute approximate surface area is 153 Å². The predicted octanol–water partition coefficient (Wildman–Crippen LogP) is 4.42. The lowest BCUT2D eigenvalue weighted by Gasteiger charge is -2.37. The molecule has 0 aliphatic carbocycles. The summed E-state index contributed by atoms with van der Waals surface area (Å²) in [6.45, 7) is 2.95. The molecule has 1 unspecified atom stereocenters. The first kappa shape index (κ1) is 17.8. The molecular formula is C22H23NO3. The van der Waals surface area contributed by atoms with E-state index < -0.39 is 0 Å². The molecule has 4 heteroatoms. The number of nitrogens with zero attached hydrogens (tertiary/aromatic N) is 1. The molecule has 2 aromatic rings. The number of carbonyl (C=O) groups is 1. The van der Waals surface area contributed by atoms with Crippen LogP contribution < -0.4 is 0 Å². The van der Waals surface area contributed by atoms with E-state index >= 15 is 0 Å². The summed E-state index contributed by atoms with van der Waals surface area (Å²) in [6.07, 6.45) is 6.99. The fraction of sp³-hybridized carbons (Fsp3) is 0.227. The number of rotatable bonds is 5. The number of phenols is 2. The minimum Gasteiger partial charge on any atom is -0.508 e. The van der Waals surface area contributed by atoms with Crippen molar-refractivity contribution in [3.8, 4) is 11.5 Å². The third-order valence-electron chi connectivity index (χ3n) is 4.49. The van der Waals surface area contributed by atoms with Crippen LogP contribution >= 0.6 is 0 Å². The van der Waals surface area contributed by atoms with Crippen LogP contribution in [0.1, 0.15) is 36.9 Å². The van der Waals surface area contributed by atoms with Crippen LogP contribution in [0.5, 0.6) is 11.5 Å². The molecule has 134 valence electrons. The number of ketones is 1. The van der Waals surface area contributed by atoms with Gasteiger partial charge in [0.15, 0.2) is 5.78 Å².